The number of anilines is 1. The van der Waals surface area contributed by atoms with Gasteiger partial charge in [-0.15, -0.1) is 0 Å². The van der Waals surface area contributed by atoms with Crippen molar-refractivity contribution < 1.29 is 4.79 Å². The van der Waals surface area contributed by atoms with Gasteiger partial charge in [0.25, 0.3) is 0 Å². The van der Waals surface area contributed by atoms with Crippen LogP contribution in [0.5, 0.6) is 0 Å². The molecule has 0 aromatic heterocycles. The number of para-hydroxylation sites is 2. The molecule has 1 saturated carbocycles. The number of rotatable bonds is 1. The van der Waals surface area contributed by atoms with Gasteiger partial charge in [-0.05, 0) is 29.5 Å². The third-order valence-corrected chi connectivity index (χ3v) is 4.99. The lowest BCUT2D eigenvalue weighted by molar-refractivity contribution is -0.124. The summed E-state index contributed by atoms with van der Waals surface area (Å²) in [5.41, 5.74) is 4.07. The van der Waals surface area contributed by atoms with E-state index < -0.39 is 0 Å². The number of hydrogen-bond donors (Lipinski definition) is 1. The Balaban J connectivity index is 1.87. The Hall–Kier alpha value is -2.42. The summed E-state index contributed by atoms with van der Waals surface area (Å²) in [6.07, 6.45) is 1.47. The van der Waals surface area contributed by atoms with Crippen LogP contribution >= 0.6 is 0 Å². The molecule has 2 aromatic carbocycles. The van der Waals surface area contributed by atoms with Crippen LogP contribution in [-0.4, -0.2) is 11.5 Å². The number of nitrogens with zero attached hydrogens (tertiary/aromatic N) is 1. The van der Waals surface area contributed by atoms with E-state index in [-0.39, 0.29) is 17.4 Å². The highest BCUT2D eigenvalue weighted by Crippen LogP contribution is 2.44. The number of fused-ring (bicyclic) bond motifs is 2. The summed E-state index contributed by atoms with van der Waals surface area (Å²) >= 11 is 0. The van der Waals surface area contributed by atoms with Gasteiger partial charge in [-0.3, -0.25) is 9.79 Å². The van der Waals surface area contributed by atoms with E-state index in [0.29, 0.717) is 12.2 Å². The molecule has 1 aliphatic carbocycles. The number of carbonyl (C=O) groups is 1. The largest absolute Gasteiger partial charge is 0.375 e. The van der Waals surface area contributed by atoms with E-state index in [9.17, 15) is 4.79 Å². The minimum Gasteiger partial charge on any atom is -0.375 e. The fourth-order valence-corrected chi connectivity index (χ4v) is 3.95. The van der Waals surface area contributed by atoms with Gasteiger partial charge in [-0.2, -0.15) is 0 Å². The highest BCUT2D eigenvalue weighted by atomic mass is 16.1. The number of carbonyl (C=O) groups excluding carboxylic acids is 1. The lowest BCUT2D eigenvalue weighted by Crippen LogP contribution is -2.42. The molecule has 1 fully saturated rings. The van der Waals surface area contributed by atoms with Gasteiger partial charge in [0, 0.05) is 12.1 Å². The molecule has 2 aliphatic rings. The van der Waals surface area contributed by atoms with Crippen molar-refractivity contribution in [1.29, 1.82) is 0 Å². The van der Waals surface area contributed by atoms with Crippen molar-refractivity contribution >= 4 is 22.9 Å². The molecule has 0 saturated heterocycles. The van der Waals surface area contributed by atoms with Gasteiger partial charge in [0.05, 0.1) is 23.3 Å². The molecular weight excluding hydrogens is 296 g/mol. The molecule has 2 atom stereocenters. The molecule has 1 unspecified atom stereocenters. The van der Waals surface area contributed by atoms with E-state index in [2.05, 4.69) is 31.3 Å². The Bertz CT molecular complexity index is 808. The number of hydrogen-bond acceptors (Lipinski definition) is 3. The fraction of sp³-hybridized carbons (Fsp3) is 0.333. The molecule has 1 heterocycles. The molecule has 122 valence electrons. The van der Waals surface area contributed by atoms with Crippen LogP contribution in [0.25, 0.3) is 0 Å². The van der Waals surface area contributed by atoms with Crippen molar-refractivity contribution in [1.82, 2.24) is 0 Å². The van der Waals surface area contributed by atoms with Gasteiger partial charge < -0.3 is 5.32 Å². The minimum atomic E-state index is -0.187. The smallest absolute Gasteiger partial charge is 0.144 e. The second kappa shape index (κ2) is 5.59. The standard InChI is InChI=1S/C21H22N2O/c1-21(2)12-17-19(18(24)13-21)20(14-8-4-3-5-9-14)23-16-11-7-6-10-15(16)22-17/h3-11,19-20,23H,12-13H2,1-2H3/t19?,20-/m0/s1. The molecule has 0 spiro atoms. The Kier molecular flexibility index (Phi) is 3.52. The van der Waals surface area contributed by atoms with E-state index in [0.717, 1.165) is 29.1 Å². The maximum absolute atomic E-state index is 13.0. The zero-order valence-electron chi connectivity index (χ0n) is 14.1. The van der Waals surface area contributed by atoms with E-state index in [1.807, 2.05) is 42.5 Å². The second-order valence-corrected chi connectivity index (χ2v) is 7.61. The Morgan fingerprint density at radius 3 is 2.50 bits per heavy atom. The van der Waals surface area contributed by atoms with Crippen LogP contribution in [0.4, 0.5) is 11.4 Å². The highest BCUT2D eigenvalue weighted by molar-refractivity contribution is 6.10. The van der Waals surface area contributed by atoms with Gasteiger partial charge in [-0.1, -0.05) is 56.3 Å². The van der Waals surface area contributed by atoms with Gasteiger partial charge in [-0.25, -0.2) is 0 Å². The molecule has 4 rings (SSSR count). The first kappa shape index (κ1) is 15.1. The van der Waals surface area contributed by atoms with E-state index in [4.69, 9.17) is 4.99 Å². The van der Waals surface area contributed by atoms with Crippen LogP contribution in [0.2, 0.25) is 0 Å². The first-order chi connectivity index (χ1) is 11.5. The van der Waals surface area contributed by atoms with Gasteiger partial charge in [0.15, 0.2) is 0 Å². The lowest BCUT2D eigenvalue weighted by atomic mass is 9.68. The van der Waals surface area contributed by atoms with Crippen molar-refractivity contribution in [2.45, 2.75) is 32.7 Å². The average molecular weight is 318 g/mol. The third kappa shape index (κ3) is 2.64. The minimum absolute atomic E-state index is 0.0209. The molecule has 0 amide bonds. The molecular formula is C21H22N2O. The van der Waals surface area contributed by atoms with Crippen LogP contribution in [0.3, 0.4) is 0 Å². The van der Waals surface area contributed by atoms with Crippen LogP contribution in [0, 0.1) is 11.3 Å². The van der Waals surface area contributed by atoms with E-state index in [1.54, 1.807) is 0 Å². The normalized spacial score (nSPS) is 24.9. The molecule has 3 heteroatoms. The predicted molar refractivity (Wildman–Crippen MR) is 97.9 cm³/mol. The molecule has 1 N–H and O–H groups in total. The average Bonchev–Trinajstić information content (AvgIpc) is 2.70. The number of ketones is 1. The molecule has 1 aliphatic heterocycles. The van der Waals surface area contributed by atoms with Gasteiger partial charge in [0.1, 0.15) is 5.78 Å². The van der Waals surface area contributed by atoms with Crippen molar-refractivity contribution in [3.63, 3.8) is 0 Å². The number of benzene rings is 2. The van der Waals surface area contributed by atoms with E-state index in [1.165, 1.54) is 0 Å². The van der Waals surface area contributed by atoms with Crippen LogP contribution in [0.15, 0.2) is 59.6 Å². The zero-order chi connectivity index (χ0) is 16.7. The molecule has 24 heavy (non-hydrogen) atoms. The van der Waals surface area contributed by atoms with E-state index >= 15 is 0 Å². The Morgan fingerprint density at radius 2 is 1.71 bits per heavy atom. The highest BCUT2D eigenvalue weighted by Gasteiger charge is 2.43. The monoisotopic (exact) mass is 318 g/mol. The lowest BCUT2D eigenvalue weighted by Gasteiger charge is -2.37. The van der Waals surface area contributed by atoms with Crippen LogP contribution in [-0.2, 0) is 4.79 Å². The molecule has 0 bridgehead atoms. The van der Waals surface area contributed by atoms with Crippen molar-refractivity contribution in [3.05, 3.63) is 60.2 Å². The number of aliphatic imine (C=N–C) groups is 1. The number of nitrogens with one attached hydrogen (secondary N) is 1. The summed E-state index contributed by atoms with van der Waals surface area (Å²) in [4.78, 5) is 17.9. The topological polar surface area (TPSA) is 41.5 Å². The quantitative estimate of drug-likeness (QED) is 0.810. The third-order valence-electron chi connectivity index (χ3n) is 4.99. The molecule has 0 radical (unpaired) electrons. The maximum Gasteiger partial charge on any atom is 0.144 e. The fourth-order valence-electron chi connectivity index (χ4n) is 3.95. The summed E-state index contributed by atoms with van der Waals surface area (Å²) < 4.78 is 0. The van der Waals surface area contributed by atoms with Crippen LogP contribution in [0.1, 0.15) is 38.3 Å². The van der Waals surface area contributed by atoms with Crippen molar-refractivity contribution in [2.24, 2.45) is 16.3 Å². The molecule has 2 aromatic rings. The summed E-state index contributed by atoms with van der Waals surface area (Å²) in [6.45, 7) is 4.32. The van der Waals surface area contributed by atoms with Crippen molar-refractivity contribution in [2.75, 3.05) is 5.32 Å². The van der Waals surface area contributed by atoms with Gasteiger partial charge >= 0.3 is 0 Å². The van der Waals surface area contributed by atoms with Crippen molar-refractivity contribution in [3.8, 4) is 0 Å². The summed E-state index contributed by atoms with van der Waals surface area (Å²) in [7, 11) is 0. The van der Waals surface area contributed by atoms with Crippen LogP contribution < -0.4 is 5.32 Å². The first-order valence-corrected chi connectivity index (χ1v) is 8.54. The maximum atomic E-state index is 13.0. The predicted octanol–water partition coefficient (Wildman–Crippen LogP) is 4.93. The number of Topliss-reactive ketones (excluding diaryl/α,β-unsaturated/α-hetero) is 1. The zero-order valence-corrected chi connectivity index (χ0v) is 14.1. The summed E-state index contributed by atoms with van der Waals surface area (Å²) in [5, 5.41) is 3.60. The Morgan fingerprint density at radius 1 is 1.00 bits per heavy atom. The summed E-state index contributed by atoms with van der Waals surface area (Å²) in [6, 6.07) is 18.3. The second-order valence-electron chi connectivity index (χ2n) is 7.61. The molecule has 3 nitrogen and oxygen atoms in total. The first-order valence-electron chi connectivity index (χ1n) is 8.54. The van der Waals surface area contributed by atoms with Gasteiger partial charge in [0.2, 0.25) is 0 Å². The Labute approximate surface area is 142 Å². The summed E-state index contributed by atoms with van der Waals surface area (Å²) in [5.74, 6) is 0.104. The SMILES string of the molecule is CC1(C)CC(=O)C2C(=Nc3ccccc3N[C@H]2c2ccccc2)C1.